The molecule has 0 aliphatic carbocycles. The van der Waals surface area contributed by atoms with Crippen LogP contribution in [0.4, 0.5) is 5.00 Å². The smallest absolute Gasteiger partial charge is 0.324 e. The Bertz CT molecular complexity index is 745. The number of rotatable bonds is 5. The van der Waals surface area contributed by atoms with Crippen molar-refractivity contribution < 1.29 is 14.5 Å². The standard InChI is InChI=1S/C13H10IN3O4S/c1-21-11-4-2-8(6-10(11)14)13(18)16-15-7-9-3-5-12(22-9)17(19)20/h2-7H,1H3,(H,16,18). The highest BCUT2D eigenvalue weighted by atomic mass is 127. The number of ether oxygens (including phenoxy) is 1. The molecule has 0 saturated carbocycles. The van der Waals surface area contributed by atoms with E-state index in [1.54, 1.807) is 31.4 Å². The Morgan fingerprint density at radius 2 is 2.23 bits per heavy atom. The normalized spacial score (nSPS) is 10.6. The van der Waals surface area contributed by atoms with Crippen LogP contribution >= 0.6 is 33.9 Å². The van der Waals surface area contributed by atoms with Crippen molar-refractivity contribution in [3.05, 3.63) is 54.5 Å². The Morgan fingerprint density at radius 3 is 2.82 bits per heavy atom. The molecule has 9 heteroatoms. The number of nitrogens with one attached hydrogen (secondary N) is 1. The first-order valence-electron chi connectivity index (χ1n) is 5.92. The summed E-state index contributed by atoms with van der Waals surface area (Å²) in [5.74, 6) is 0.314. The van der Waals surface area contributed by atoms with Gasteiger partial charge in [-0.3, -0.25) is 14.9 Å². The molecule has 7 nitrogen and oxygen atoms in total. The Hall–Kier alpha value is -2.01. The van der Waals surface area contributed by atoms with Crippen molar-refractivity contribution in [3.63, 3.8) is 0 Å². The van der Waals surface area contributed by atoms with Crippen molar-refractivity contribution in [3.8, 4) is 5.75 Å². The molecule has 22 heavy (non-hydrogen) atoms. The lowest BCUT2D eigenvalue weighted by Gasteiger charge is -2.05. The van der Waals surface area contributed by atoms with E-state index in [1.165, 1.54) is 12.3 Å². The monoisotopic (exact) mass is 431 g/mol. The topological polar surface area (TPSA) is 93.8 Å². The van der Waals surface area contributed by atoms with Gasteiger partial charge in [-0.1, -0.05) is 11.3 Å². The van der Waals surface area contributed by atoms with E-state index in [4.69, 9.17) is 4.74 Å². The number of carbonyl (C=O) groups is 1. The summed E-state index contributed by atoms with van der Waals surface area (Å²) in [5, 5.41) is 14.4. The summed E-state index contributed by atoms with van der Waals surface area (Å²) in [6.45, 7) is 0. The second-order valence-electron chi connectivity index (χ2n) is 3.98. The lowest BCUT2D eigenvalue weighted by molar-refractivity contribution is -0.380. The van der Waals surface area contributed by atoms with Crippen LogP contribution in [0, 0.1) is 13.7 Å². The molecule has 1 aromatic heterocycles. The minimum absolute atomic E-state index is 0.0254. The van der Waals surface area contributed by atoms with Crippen LogP contribution in [0.1, 0.15) is 15.2 Å². The highest BCUT2D eigenvalue weighted by Gasteiger charge is 2.09. The number of nitro groups is 1. The second kappa shape index (κ2) is 7.31. The number of methoxy groups -OCH3 is 1. The third-order valence-electron chi connectivity index (χ3n) is 2.56. The Kier molecular flexibility index (Phi) is 5.44. The summed E-state index contributed by atoms with van der Waals surface area (Å²) in [6, 6.07) is 7.96. The average Bonchev–Trinajstić information content (AvgIpc) is 2.96. The molecule has 1 heterocycles. The molecule has 0 bridgehead atoms. The lowest BCUT2D eigenvalue weighted by Crippen LogP contribution is -2.17. The third kappa shape index (κ3) is 4.01. The fourth-order valence-electron chi connectivity index (χ4n) is 1.54. The highest BCUT2D eigenvalue weighted by Crippen LogP contribution is 2.23. The zero-order chi connectivity index (χ0) is 16.1. The van der Waals surface area contributed by atoms with E-state index in [0.29, 0.717) is 16.2 Å². The van der Waals surface area contributed by atoms with Gasteiger partial charge in [0.05, 0.1) is 26.7 Å². The van der Waals surface area contributed by atoms with E-state index in [2.05, 4.69) is 33.1 Å². The van der Waals surface area contributed by atoms with Gasteiger partial charge in [-0.2, -0.15) is 5.10 Å². The van der Waals surface area contributed by atoms with Crippen LogP contribution in [0.2, 0.25) is 0 Å². The maximum Gasteiger partial charge on any atom is 0.324 e. The van der Waals surface area contributed by atoms with Crippen molar-refractivity contribution in [1.82, 2.24) is 5.43 Å². The quantitative estimate of drug-likeness (QED) is 0.341. The van der Waals surface area contributed by atoms with Crippen molar-refractivity contribution in [1.29, 1.82) is 0 Å². The van der Waals surface area contributed by atoms with Gasteiger partial charge >= 0.3 is 5.00 Å². The fourth-order valence-corrected chi connectivity index (χ4v) is 2.97. The first-order valence-corrected chi connectivity index (χ1v) is 7.82. The molecular weight excluding hydrogens is 421 g/mol. The fraction of sp³-hybridized carbons (Fsp3) is 0.0769. The molecule has 0 radical (unpaired) electrons. The van der Waals surface area contributed by atoms with Crippen LogP contribution in [0.25, 0.3) is 0 Å². The number of hydrogen-bond acceptors (Lipinski definition) is 6. The Labute approximate surface area is 143 Å². The first-order chi connectivity index (χ1) is 10.5. The molecular formula is C13H10IN3O4S. The van der Waals surface area contributed by atoms with Gasteiger partial charge in [0.25, 0.3) is 5.91 Å². The molecule has 2 rings (SSSR count). The van der Waals surface area contributed by atoms with E-state index in [9.17, 15) is 14.9 Å². The number of halogens is 1. The number of amides is 1. The molecule has 0 aliphatic rings. The molecule has 0 spiro atoms. The third-order valence-corrected chi connectivity index (χ3v) is 4.38. The number of carbonyl (C=O) groups excluding carboxylic acids is 1. The Morgan fingerprint density at radius 1 is 1.45 bits per heavy atom. The van der Waals surface area contributed by atoms with Gasteiger partial charge in [0.15, 0.2) is 0 Å². The van der Waals surface area contributed by atoms with Crippen LogP contribution in [0.3, 0.4) is 0 Å². The summed E-state index contributed by atoms with van der Waals surface area (Å²) < 4.78 is 5.93. The molecule has 2 aromatic rings. The summed E-state index contributed by atoms with van der Waals surface area (Å²) >= 11 is 3.05. The molecule has 1 amide bonds. The van der Waals surface area contributed by atoms with E-state index < -0.39 is 4.92 Å². The first kappa shape index (κ1) is 16.4. The van der Waals surface area contributed by atoms with Gasteiger partial charge < -0.3 is 4.74 Å². The summed E-state index contributed by atoms with van der Waals surface area (Å²) in [6.07, 6.45) is 1.37. The minimum atomic E-state index is -0.472. The molecule has 1 aromatic carbocycles. The number of benzene rings is 1. The SMILES string of the molecule is COc1ccc(C(=O)NN=Cc2ccc([N+](=O)[O-])s2)cc1I. The maximum atomic E-state index is 11.9. The zero-order valence-electron chi connectivity index (χ0n) is 11.3. The number of hydrogen-bond donors (Lipinski definition) is 1. The van der Waals surface area contributed by atoms with Gasteiger partial charge in [0.1, 0.15) is 5.75 Å². The van der Waals surface area contributed by atoms with Gasteiger partial charge in [-0.05, 0) is 46.9 Å². The average molecular weight is 431 g/mol. The van der Waals surface area contributed by atoms with Crippen LogP contribution < -0.4 is 10.2 Å². The van der Waals surface area contributed by atoms with Crippen molar-refractivity contribution in [2.45, 2.75) is 0 Å². The van der Waals surface area contributed by atoms with Gasteiger partial charge in [-0.15, -0.1) is 0 Å². The van der Waals surface area contributed by atoms with E-state index >= 15 is 0 Å². The highest BCUT2D eigenvalue weighted by molar-refractivity contribution is 14.1. The Balaban J connectivity index is 2.01. The maximum absolute atomic E-state index is 11.9. The predicted molar refractivity (Wildman–Crippen MR) is 91.7 cm³/mol. The molecule has 0 aliphatic heterocycles. The van der Waals surface area contributed by atoms with E-state index in [-0.39, 0.29) is 10.9 Å². The molecule has 0 atom stereocenters. The van der Waals surface area contributed by atoms with Crippen LogP contribution in [-0.4, -0.2) is 24.2 Å². The van der Waals surface area contributed by atoms with Gasteiger partial charge in [0.2, 0.25) is 0 Å². The van der Waals surface area contributed by atoms with Gasteiger partial charge in [0, 0.05) is 11.6 Å². The number of nitrogens with zero attached hydrogens (tertiary/aromatic N) is 2. The predicted octanol–water partition coefficient (Wildman–Crippen LogP) is 3.03. The number of thiophene rings is 1. The van der Waals surface area contributed by atoms with Crippen LogP contribution in [0.5, 0.6) is 5.75 Å². The summed E-state index contributed by atoms with van der Waals surface area (Å²) in [7, 11) is 1.56. The van der Waals surface area contributed by atoms with Crippen molar-refractivity contribution in [2.24, 2.45) is 5.10 Å². The van der Waals surface area contributed by atoms with Crippen LogP contribution in [0.15, 0.2) is 35.4 Å². The minimum Gasteiger partial charge on any atom is -0.496 e. The van der Waals surface area contributed by atoms with Gasteiger partial charge in [-0.25, -0.2) is 5.43 Å². The summed E-state index contributed by atoms with van der Waals surface area (Å²) in [5.41, 5.74) is 2.82. The molecule has 0 fully saturated rings. The second-order valence-corrected chi connectivity index (χ2v) is 6.24. The molecule has 0 saturated heterocycles. The van der Waals surface area contributed by atoms with Crippen molar-refractivity contribution >= 4 is 51.1 Å². The van der Waals surface area contributed by atoms with Crippen LogP contribution in [-0.2, 0) is 0 Å². The zero-order valence-corrected chi connectivity index (χ0v) is 14.3. The number of hydrazone groups is 1. The summed E-state index contributed by atoms with van der Waals surface area (Å²) in [4.78, 5) is 22.6. The molecule has 0 unspecified atom stereocenters. The molecule has 1 N–H and O–H groups in total. The van der Waals surface area contributed by atoms with Crippen molar-refractivity contribution in [2.75, 3.05) is 7.11 Å². The van der Waals surface area contributed by atoms with E-state index in [0.717, 1.165) is 14.9 Å². The lowest BCUT2D eigenvalue weighted by atomic mass is 10.2. The molecule has 114 valence electrons. The van der Waals surface area contributed by atoms with E-state index in [1.807, 2.05) is 0 Å². The largest absolute Gasteiger partial charge is 0.496 e.